The Bertz CT molecular complexity index is 3750. The van der Waals surface area contributed by atoms with E-state index in [4.69, 9.17) is 58.1 Å². The Morgan fingerprint density at radius 3 is 1.08 bits per heavy atom. The minimum Gasteiger partial charge on any atom is -0.387 e. The molecule has 4 fully saturated rings. The third-order valence-electron chi connectivity index (χ3n) is 13.0. The maximum Gasteiger partial charge on any atom is 0.469 e. The number of phosphoric acid groups is 4. The van der Waals surface area contributed by atoms with Crippen molar-refractivity contribution < 1.29 is 135 Å². The number of nitrogens with one attached hydrogen (secondary N) is 4. The number of aliphatic hydroxyl groups is 8. The van der Waals surface area contributed by atoms with Crippen LogP contribution in [-0.2, 0) is 83.5 Å². The number of aryl methyl sites for hydroxylation is 2. The van der Waals surface area contributed by atoms with Crippen LogP contribution in [0.25, 0.3) is 0 Å². The fraction of sp³-hybridized carbons (Fsp3) is 0.628. The summed E-state index contributed by atoms with van der Waals surface area (Å²) in [5.74, 6) is 0. The minimum absolute atomic E-state index is 0. The third kappa shape index (κ3) is 21.3. The second-order valence-corrected chi connectivity index (χ2v) is 24.1. The van der Waals surface area contributed by atoms with Gasteiger partial charge in [0, 0.05) is 53.0 Å². The minimum atomic E-state index is -4.77. The van der Waals surface area contributed by atoms with Gasteiger partial charge in [0.25, 0.3) is 22.2 Å². The molecule has 8 heterocycles. The quantitative estimate of drug-likeness (QED) is 0.0463. The van der Waals surface area contributed by atoms with Gasteiger partial charge in [0.15, 0.2) is 0 Å². The zero-order valence-electron chi connectivity index (χ0n) is 45.3. The average Bonchev–Trinajstić information content (AvgIpc) is 1.83. The standard InChI is InChI=1S/C11H17N2O9P.2C10H15N2O9P.C9H13N2O9P.3CH4/c1-12-3-5(10(16)13(2)11(12)17)9-8(15)7(14)6(22-9)4-21-23(18,19)20;1-12-2-4(9(15)11-10(12)16)8-7(14)6(13)5(21-8)3-20-22(17,18)19;1-12-9(15)4(2-11-10(12)16)8-7(14)6(13)5(21-8)3-20-22(17,18)19;12-5-4(2-19-21(16,17)18)20-7(6(5)13)3-1-10-9(15)11-8(3)14;;;/h3,6-9,14-15H,4H2,1-2H3,(H2,18,19,20);2,5-8,13-14H,3H2,1H3,(H,11,15,16)(H2,17,18,19);2,5-8,13-14H,3H2,1H3,(H,11,16)(H2,17,18,19);1,4-7,12-13H,2H2,(H2,16,17,18)(H2,10,11,14,15);3*1H4/t6-,7-,8-,9?;2*5-,6-,7-,8?;4-,5-,6-,7?;;;/m1111.../s1. The van der Waals surface area contributed by atoms with Gasteiger partial charge >= 0.3 is 54.0 Å². The van der Waals surface area contributed by atoms with Crippen LogP contribution in [0.15, 0.2) is 63.1 Å². The number of nitrogens with zero attached hydrogens (tertiary/aromatic N) is 4. The summed E-state index contributed by atoms with van der Waals surface area (Å²) in [5, 5.41) is 79.0. The molecule has 0 bridgehead atoms. The smallest absolute Gasteiger partial charge is 0.387 e. The molecule has 0 aromatic carbocycles. The Balaban J connectivity index is 0.000000409. The molecule has 20 N–H and O–H groups in total. The van der Waals surface area contributed by atoms with Crippen molar-refractivity contribution in [3.05, 3.63) is 130 Å². The summed E-state index contributed by atoms with van der Waals surface area (Å²) in [4.78, 5) is 170. The average molecular weight is 1400 g/mol. The Labute approximate surface area is 508 Å². The van der Waals surface area contributed by atoms with Crippen molar-refractivity contribution in [1.29, 1.82) is 0 Å². The molecule has 0 saturated carbocycles. The van der Waals surface area contributed by atoms with Gasteiger partial charge in [0.2, 0.25) is 0 Å². The van der Waals surface area contributed by atoms with Crippen LogP contribution in [0.1, 0.15) is 68.9 Å². The molecule has 16 atom stereocenters. The first kappa shape index (κ1) is 81.8. The molecule has 520 valence electrons. The monoisotopic (exact) mass is 1400 g/mol. The Morgan fingerprint density at radius 1 is 0.407 bits per heavy atom. The van der Waals surface area contributed by atoms with Crippen molar-refractivity contribution >= 4 is 31.3 Å². The summed E-state index contributed by atoms with van der Waals surface area (Å²) in [6, 6.07) is 0. The van der Waals surface area contributed by atoms with Crippen LogP contribution in [-0.4, -0.2) is 218 Å². The predicted octanol–water partition coefficient (Wildman–Crippen LogP) is -8.71. The lowest BCUT2D eigenvalue weighted by atomic mass is 10.0. The summed E-state index contributed by atoms with van der Waals surface area (Å²) in [7, 11) is -13.8. The number of hydrogen-bond acceptors (Lipinski definition) is 28. The van der Waals surface area contributed by atoms with E-state index in [0.29, 0.717) is 0 Å². The maximum absolute atomic E-state index is 12.1. The van der Waals surface area contributed by atoms with Crippen molar-refractivity contribution in [1.82, 2.24) is 38.2 Å². The highest BCUT2D eigenvalue weighted by Crippen LogP contribution is 2.42. The molecule has 48 heteroatoms. The van der Waals surface area contributed by atoms with Gasteiger partial charge in [-0.3, -0.25) is 56.4 Å². The van der Waals surface area contributed by atoms with Crippen molar-refractivity contribution in [3.8, 4) is 0 Å². The van der Waals surface area contributed by atoms with Gasteiger partial charge in [0.1, 0.15) is 97.7 Å². The first-order valence-corrected chi connectivity index (χ1v) is 30.6. The van der Waals surface area contributed by atoms with Crippen LogP contribution in [0, 0.1) is 0 Å². The van der Waals surface area contributed by atoms with Crippen molar-refractivity contribution in [2.45, 2.75) is 120 Å². The van der Waals surface area contributed by atoms with E-state index in [9.17, 15) is 97.5 Å². The Kier molecular flexibility index (Phi) is 29.4. The van der Waals surface area contributed by atoms with E-state index >= 15 is 0 Å². The van der Waals surface area contributed by atoms with Crippen LogP contribution in [0.2, 0.25) is 0 Å². The molecule has 4 aromatic rings. The molecule has 4 aromatic heterocycles. The lowest BCUT2D eigenvalue weighted by molar-refractivity contribution is -0.0230. The van der Waals surface area contributed by atoms with Gasteiger partial charge < -0.3 is 118 Å². The second kappa shape index (κ2) is 32.7. The van der Waals surface area contributed by atoms with E-state index in [2.05, 4.69) is 28.1 Å². The molecule has 0 radical (unpaired) electrons. The molecule has 0 aliphatic carbocycles. The third-order valence-corrected chi connectivity index (χ3v) is 14.9. The molecule has 91 heavy (non-hydrogen) atoms. The van der Waals surface area contributed by atoms with Crippen LogP contribution in [0.4, 0.5) is 0 Å². The lowest BCUT2D eigenvalue weighted by Gasteiger charge is -2.16. The highest BCUT2D eigenvalue weighted by molar-refractivity contribution is 7.47. The molecule has 0 spiro atoms. The predicted molar refractivity (Wildman–Crippen MR) is 300 cm³/mol. The summed E-state index contributed by atoms with van der Waals surface area (Å²) < 4.78 is 84.1. The summed E-state index contributed by atoms with van der Waals surface area (Å²) in [5.41, 5.74) is -6.11. The number of aromatic nitrogens is 8. The summed E-state index contributed by atoms with van der Waals surface area (Å²) in [6.45, 7) is -2.71. The van der Waals surface area contributed by atoms with Crippen molar-refractivity contribution in [3.63, 3.8) is 0 Å². The molecule has 4 aliphatic heterocycles. The zero-order valence-corrected chi connectivity index (χ0v) is 48.9. The van der Waals surface area contributed by atoms with Gasteiger partial charge in [-0.05, 0) is 0 Å². The Hall–Kier alpha value is -5.32. The molecule has 0 amide bonds. The molecule has 4 saturated heterocycles. The molecule has 4 unspecified atom stereocenters. The summed E-state index contributed by atoms with van der Waals surface area (Å²) >= 11 is 0. The largest absolute Gasteiger partial charge is 0.469 e. The van der Waals surface area contributed by atoms with Gasteiger partial charge in [-0.15, -0.1) is 0 Å². The molecule has 8 rings (SSSR count). The van der Waals surface area contributed by atoms with Gasteiger partial charge in [-0.2, -0.15) is 0 Å². The number of rotatable bonds is 16. The van der Waals surface area contributed by atoms with Crippen molar-refractivity contribution in [2.24, 2.45) is 28.2 Å². The van der Waals surface area contributed by atoms with Crippen LogP contribution >= 0.6 is 31.3 Å². The molecular formula is C43H72N8O36P4. The van der Waals surface area contributed by atoms with E-state index in [0.717, 1.165) is 36.9 Å². The van der Waals surface area contributed by atoms with Crippen LogP contribution < -0.4 is 45.0 Å². The lowest BCUT2D eigenvalue weighted by Crippen LogP contribution is -2.40. The zero-order chi connectivity index (χ0) is 66.6. The van der Waals surface area contributed by atoms with E-state index in [1.54, 1.807) is 0 Å². The molecule has 4 aliphatic rings. The fourth-order valence-electron chi connectivity index (χ4n) is 8.49. The first-order chi connectivity index (χ1) is 40.4. The maximum atomic E-state index is 12.1. The van der Waals surface area contributed by atoms with E-state index < -0.39 is 200 Å². The van der Waals surface area contributed by atoms with E-state index in [-0.39, 0.29) is 44.5 Å². The Morgan fingerprint density at radius 2 is 0.714 bits per heavy atom. The van der Waals surface area contributed by atoms with Gasteiger partial charge in [-0.25, -0.2) is 37.4 Å². The molecular weight excluding hydrogens is 1330 g/mol. The number of phosphoric ester groups is 4. The van der Waals surface area contributed by atoms with E-state index in [1.807, 2.05) is 9.97 Å². The normalized spacial score (nSPS) is 28.0. The van der Waals surface area contributed by atoms with Crippen molar-refractivity contribution in [2.75, 3.05) is 26.4 Å². The number of H-pyrrole nitrogens is 4. The number of aliphatic hydroxyl groups excluding tert-OH is 8. The second-order valence-electron chi connectivity index (χ2n) is 19.2. The first-order valence-electron chi connectivity index (χ1n) is 24.5. The topological polar surface area (TPSA) is 685 Å². The number of aromatic amines is 4. The van der Waals surface area contributed by atoms with Crippen LogP contribution in [0.3, 0.4) is 0 Å². The number of hydrogen-bond donors (Lipinski definition) is 20. The summed E-state index contributed by atoms with van der Waals surface area (Å²) in [6.07, 6.45) is -17.8. The van der Waals surface area contributed by atoms with Crippen LogP contribution in [0.5, 0.6) is 0 Å². The molecule has 44 nitrogen and oxygen atoms in total. The van der Waals surface area contributed by atoms with Gasteiger partial charge in [-0.1, -0.05) is 22.3 Å². The highest BCUT2D eigenvalue weighted by Gasteiger charge is 2.49. The SMILES string of the molecule is C.C.C.Cn1c(=O)[nH]cc(C2O[C@H](COP(=O)(O)O)[C@@H](O)[C@H]2O)c1=O.Cn1cc(C2O[C@H](COP(=O)(O)O)[C@@H](O)[C@H]2O)c(=O)[nH]c1=O.Cn1cc(C2O[C@H](COP(=O)(O)O)[C@@H](O)[C@H]2O)c(=O)n(C)c1=O.O=c1[nH]cc(C2O[C@H](COP(=O)(O)O)[C@@H](O)[C@H]2O)c(=O)[nH]1. The van der Waals surface area contributed by atoms with Gasteiger partial charge in [0.05, 0.1) is 48.7 Å². The number of ether oxygens (including phenoxy) is 4. The highest BCUT2D eigenvalue weighted by atomic mass is 31.2. The van der Waals surface area contributed by atoms with E-state index in [1.165, 1.54) is 34.4 Å². The fourth-order valence-corrected chi connectivity index (χ4v) is 9.86.